The van der Waals surface area contributed by atoms with Gasteiger partial charge in [0.15, 0.2) is 0 Å². The molecule has 1 atom stereocenters. The molecule has 0 saturated carbocycles. The van der Waals surface area contributed by atoms with Crippen LogP contribution in [0.3, 0.4) is 0 Å². The summed E-state index contributed by atoms with van der Waals surface area (Å²) < 4.78 is 0. The van der Waals surface area contributed by atoms with Crippen molar-refractivity contribution in [1.29, 1.82) is 0 Å². The van der Waals surface area contributed by atoms with E-state index < -0.39 is 5.54 Å². The fourth-order valence-electron chi connectivity index (χ4n) is 3.58. The number of carboxylic acid groups (broad SMARTS) is 1. The van der Waals surface area contributed by atoms with E-state index in [9.17, 15) is 9.59 Å². The number of piperidine rings is 1. The average molecular weight is 347 g/mol. The van der Waals surface area contributed by atoms with Gasteiger partial charge in [-0.1, -0.05) is 12.1 Å². The number of hydrogen-bond acceptors (Lipinski definition) is 3. The Morgan fingerprint density at radius 2 is 2.00 bits per heavy atom. The Morgan fingerprint density at radius 3 is 2.68 bits per heavy atom. The zero-order chi connectivity index (χ0) is 18.4. The predicted molar refractivity (Wildman–Crippen MR) is 94.5 cm³/mol. The first-order chi connectivity index (χ1) is 11.9. The van der Waals surface area contributed by atoms with E-state index in [0.717, 1.165) is 42.5 Å². The molecule has 2 saturated heterocycles. The molecule has 1 spiro atoms. The van der Waals surface area contributed by atoms with E-state index in [1.807, 2.05) is 32.0 Å². The number of hydrogen-bond donors (Lipinski definition) is 3. The summed E-state index contributed by atoms with van der Waals surface area (Å²) in [5, 5.41) is 12.8. The van der Waals surface area contributed by atoms with Crippen molar-refractivity contribution in [3.63, 3.8) is 0 Å². The predicted octanol–water partition coefficient (Wildman–Crippen LogP) is 2.28. The van der Waals surface area contributed by atoms with Crippen LogP contribution in [0.5, 0.6) is 0 Å². The molecule has 2 aliphatic rings. The smallest absolute Gasteiger partial charge is 0.322 e. The Balaban J connectivity index is 0.000000701. The minimum absolute atomic E-state index is 0.00682. The molecule has 25 heavy (non-hydrogen) atoms. The Morgan fingerprint density at radius 1 is 1.32 bits per heavy atom. The molecule has 3 amide bonds. The van der Waals surface area contributed by atoms with Gasteiger partial charge in [0.2, 0.25) is 5.91 Å². The van der Waals surface area contributed by atoms with Crippen molar-refractivity contribution >= 4 is 24.1 Å². The van der Waals surface area contributed by atoms with Gasteiger partial charge in [0.05, 0.1) is 0 Å². The summed E-state index contributed by atoms with van der Waals surface area (Å²) in [6, 6.07) is 5.83. The average Bonchev–Trinajstić information content (AvgIpc) is 2.99. The number of nitrogens with zero attached hydrogens (tertiary/aromatic N) is 1. The van der Waals surface area contributed by atoms with Crippen LogP contribution in [0.1, 0.15) is 36.8 Å². The van der Waals surface area contributed by atoms with Crippen LogP contribution in [0.2, 0.25) is 0 Å². The SMILES string of the molecule is Cc1ccc(C)c(NC(=O)N2CCCC23CCCNC3=O)c1.O=CO. The number of rotatable bonds is 1. The zero-order valence-electron chi connectivity index (χ0n) is 14.7. The van der Waals surface area contributed by atoms with Crippen molar-refractivity contribution in [1.82, 2.24) is 10.2 Å². The van der Waals surface area contributed by atoms with E-state index in [0.29, 0.717) is 13.1 Å². The second-order valence-electron chi connectivity index (χ2n) is 6.50. The van der Waals surface area contributed by atoms with Crippen LogP contribution in [0.15, 0.2) is 18.2 Å². The normalized spacial score (nSPS) is 22.0. The van der Waals surface area contributed by atoms with Crippen molar-refractivity contribution in [2.45, 2.75) is 45.1 Å². The number of anilines is 1. The molecule has 2 fully saturated rings. The fourth-order valence-corrected chi connectivity index (χ4v) is 3.58. The largest absolute Gasteiger partial charge is 0.483 e. The number of likely N-dealkylation sites (tertiary alicyclic amines) is 1. The molecule has 1 unspecified atom stereocenters. The van der Waals surface area contributed by atoms with Crippen molar-refractivity contribution in [2.75, 3.05) is 18.4 Å². The van der Waals surface area contributed by atoms with E-state index in [2.05, 4.69) is 10.6 Å². The number of aryl methyl sites for hydroxylation is 2. The molecule has 3 N–H and O–H groups in total. The molecule has 1 aromatic carbocycles. The fraction of sp³-hybridized carbons (Fsp3) is 0.500. The summed E-state index contributed by atoms with van der Waals surface area (Å²) in [4.78, 5) is 35.2. The minimum atomic E-state index is -0.639. The third-order valence-electron chi connectivity index (χ3n) is 4.84. The van der Waals surface area contributed by atoms with Crippen LogP contribution in [-0.4, -0.2) is 47.0 Å². The van der Waals surface area contributed by atoms with Gasteiger partial charge in [-0.25, -0.2) is 4.79 Å². The van der Waals surface area contributed by atoms with Gasteiger partial charge in [-0.3, -0.25) is 9.59 Å². The number of amides is 3. The van der Waals surface area contributed by atoms with E-state index in [1.165, 1.54) is 0 Å². The standard InChI is InChI=1S/C17H23N3O2.CH2O2/c1-12-5-6-13(2)14(11-12)19-16(22)20-10-4-8-17(20)7-3-9-18-15(17)21;2-1-3/h5-6,11H,3-4,7-10H2,1-2H3,(H,18,21)(H,19,22);1H,(H,2,3). The van der Waals surface area contributed by atoms with Crippen LogP contribution in [-0.2, 0) is 9.59 Å². The molecule has 0 radical (unpaired) electrons. The molecule has 1 aromatic rings. The Kier molecular flexibility index (Phi) is 6.01. The van der Waals surface area contributed by atoms with E-state index >= 15 is 0 Å². The lowest BCUT2D eigenvalue weighted by Gasteiger charge is -2.40. The number of nitrogens with one attached hydrogen (secondary N) is 2. The van der Waals surface area contributed by atoms with Gasteiger partial charge in [0.1, 0.15) is 5.54 Å². The summed E-state index contributed by atoms with van der Waals surface area (Å²) in [5.74, 6) is 0.00682. The first-order valence-corrected chi connectivity index (χ1v) is 8.46. The molecule has 136 valence electrons. The maximum absolute atomic E-state index is 12.7. The van der Waals surface area contributed by atoms with Gasteiger partial charge in [0, 0.05) is 18.8 Å². The highest BCUT2D eigenvalue weighted by molar-refractivity contribution is 5.97. The maximum atomic E-state index is 12.7. The van der Waals surface area contributed by atoms with E-state index in [4.69, 9.17) is 9.90 Å². The first-order valence-electron chi connectivity index (χ1n) is 8.46. The quantitative estimate of drug-likeness (QED) is 0.679. The van der Waals surface area contributed by atoms with Crippen molar-refractivity contribution in [3.05, 3.63) is 29.3 Å². The third kappa shape index (κ3) is 3.92. The van der Waals surface area contributed by atoms with Crippen molar-refractivity contribution < 1.29 is 19.5 Å². The van der Waals surface area contributed by atoms with Crippen LogP contribution < -0.4 is 10.6 Å². The third-order valence-corrected chi connectivity index (χ3v) is 4.84. The summed E-state index contributed by atoms with van der Waals surface area (Å²) in [6.07, 6.45) is 3.34. The molecule has 0 bridgehead atoms. The topological polar surface area (TPSA) is 98.7 Å². The molecule has 2 heterocycles. The molecule has 3 rings (SSSR count). The Labute approximate surface area is 147 Å². The number of carbonyl (C=O) groups excluding carboxylic acids is 2. The summed E-state index contributed by atoms with van der Waals surface area (Å²) >= 11 is 0. The van der Waals surface area contributed by atoms with E-state index in [-0.39, 0.29) is 18.4 Å². The molecule has 7 nitrogen and oxygen atoms in total. The number of urea groups is 1. The second-order valence-corrected chi connectivity index (χ2v) is 6.50. The van der Waals surface area contributed by atoms with Gasteiger partial charge in [-0.15, -0.1) is 0 Å². The van der Waals surface area contributed by atoms with Crippen LogP contribution in [0.25, 0.3) is 0 Å². The highest BCUT2D eigenvalue weighted by atomic mass is 16.3. The molecule has 0 aliphatic carbocycles. The lowest BCUT2D eigenvalue weighted by atomic mass is 9.86. The van der Waals surface area contributed by atoms with Gasteiger partial charge >= 0.3 is 6.03 Å². The second kappa shape index (κ2) is 8.00. The Bertz CT molecular complexity index is 662. The van der Waals surface area contributed by atoms with E-state index in [1.54, 1.807) is 4.90 Å². The van der Waals surface area contributed by atoms with Crippen molar-refractivity contribution in [2.24, 2.45) is 0 Å². The lowest BCUT2D eigenvalue weighted by molar-refractivity contribution is -0.132. The van der Waals surface area contributed by atoms with Crippen LogP contribution in [0.4, 0.5) is 10.5 Å². The minimum Gasteiger partial charge on any atom is -0.483 e. The van der Waals surface area contributed by atoms with Gasteiger partial charge in [-0.2, -0.15) is 0 Å². The monoisotopic (exact) mass is 347 g/mol. The van der Waals surface area contributed by atoms with Crippen LogP contribution >= 0.6 is 0 Å². The lowest BCUT2D eigenvalue weighted by Crippen LogP contribution is -2.60. The van der Waals surface area contributed by atoms with Gasteiger partial charge in [-0.05, 0) is 56.7 Å². The summed E-state index contributed by atoms with van der Waals surface area (Å²) in [6.45, 7) is 5.08. The maximum Gasteiger partial charge on any atom is 0.322 e. The molecular weight excluding hydrogens is 322 g/mol. The number of carbonyl (C=O) groups is 3. The van der Waals surface area contributed by atoms with Crippen LogP contribution in [0, 0.1) is 13.8 Å². The van der Waals surface area contributed by atoms with Gasteiger partial charge < -0.3 is 20.6 Å². The van der Waals surface area contributed by atoms with Crippen molar-refractivity contribution in [3.8, 4) is 0 Å². The Hall–Kier alpha value is -2.57. The molecule has 7 heteroatoms. The zero-order valence-corrected chi connectivity index (χ0v) is 14.7. The summed E-state index contributed by atoms with van der Waals surface area (Å²) in [5.41, 5.74) is 2.32. The highest BCUT2D eigenvalue weighted by Gasteiger charge is 2.50. The molecule has 0 aromatic heterocycles. The molecular formula is C18H25N3O4. The molecule has 2 aliphatic heterocycles. The number of benzene rings is 1. The highest BCUT2D eigenvalue weighted by Crippen LogP contribution is 2.36. The first kappa shape index (κ1) is 18.8. The van der Waals surface area contributed by atoms with Gasteiger partial charge in [0.25, 0.3) is 6.47 Å². The summed E-state index contributed by atoms with van der Waals surface area (Å²) in [7, 11) is 0.